The van der Waals surface area contributed by atoms with E-state index in [2.05, 4.69) is 21.3 Å². The summed E-state index contributed by atoms with van der Waals surface area (Å²) in [6, 6.07) is 0. The van der Waals surface area contributed by atoms with Gasteiger partial charge in [-0.25, -0.2) is 0 Å². The van der Waals surface area contributed by atoms with E-state index in [9.17, 15) is 68.4 Å². The number of hydrogen-bond acceptors (Lipinski definition) is 16. The monoisotopic (exact) mass is 864 g/mol. The molecule has 0 radical (unpaired) electrons. The third kappa shape index (κ3) is 30.5. The lowest BCUT2D eigenvalue weighted by atomic mass is 10.3. The summed E-state index contributed by atoms with van der Waals surface area (Å²) >= 11 is 0. The first-order chi connectivity index (χ1) is 28.2. The summed E-state index contributed by atoms with van der Waals surface area (Å²) in [4.78, 5) is 125. The van der Waals surface area contributed by atoms with E-state index in [0.29, 0.717) is 12.8 Å². The van der Waals surface area contributed by atoms with E-state index < -0.39 is 98.7 Å². The lowest BCUT2D eigenvalue weighted by molar-refractivity contribution is -0.141. The summed E-state index contributed by atoms with van der Waals surface area (Å²) in [5.74, 6) is -9.18. The molecule has 0 heterocycles. The van der Waals surface area contributed by atoms with E-state index in [1.165, 1.54) is 43.5 Å². The molecule has 0 rings (SSSR count). The molecular formula is C34H60N10O16. The Balaban J connectivity index is 5.02. The number of carboxylic acids is 6. The Labute approximate surface area is 346 Å². The van der Waals surface area contributed by atoms with Gasteiger partial charge in [-0.3, -0.25) is 77.3 Å². The maximum Gasteiger partial charge on any atom is 0.317 e. The van der Waals surface area contributed by atoms with E-state index in [1.54, 1.807) is 0 Å². The van der Waals surface area contributed by atoms with E-state index >= 15 is 0 Å². The number of nitrogens with one attached hydrogen (secondary N) is 4. The molecule has 10 N–H and O–H groups in total. The molecule has 0 atom stereocenters. The molecule has 0 unspecified atom stereocenters. The highest BCUT2D eigenvalue weighted by molar-refractivity contribution is 5.80. The Morgan fingerprint density at radius 1 is 0.317 bits per heavy atom. The lowest BCUT2D eigenvalue weighted by Crippen LogP contribution is -2.47. The van der Waals surface area contributed by atoms with Gasteiger partial charge in [0.1, 0.15) is 0 Å². The molecule has 342 valence electrons. The second kappa shape index (κ2) is 31.4. The Morgan fingerprint density at radius 3 is 0.733 bits per heavy atom. The van der Waals surface area contributed by atoms with Crippen LogP contribution in [0.3, 0.4) is 0 Å². The SMILES string of the molecule is CNC(=O)CN(CCN(CCN(CC(=O)O)CC(=O)NCCCCNC(=O)CN(CCN(CCN(CC(=O)O)CC(=O)NC)CC(=O)O)CC(=O)O)CC(=O)O)CC(=O)O. The van der Waals surface area contributed by atoms with Gasteiger partial charge in [0.25, 0.3) is 0 Å². The molecule has 0 aromatic heterocycles. The first-order valence-electron chi connectivity index (χ1n) is 18.8. The molecule has 0 saturated carbocycles. The van der Waals surface area contributed by atoms with Crippen molar-refractivity contribution in [1.82, 2.24) is 50.7 Å². The number of carbonyl (C=O) groups is 10. The predicted octanol–water partition coefficient (Wildman–Crippen LogP) is -6.19. The third-order valence-corrected chi connectivity index (χ3v) is 8.36. The largest absolute Gasteiger partial charge is 0.480 e. The van der Waals surface area contributed by atoms with Crippen LogP contribution in [-0.4, -0.2) is 264 Å². The zero-order chi connectivity index (χ0) is 45.6. The summed E-state index contributed by atoms with van der Waals surface area (Å²) in [5, 5.41) is 65.8. The molecule has 0 spiro atoms. The van der Waals surface area contributed by atoms with Gasteiger partial charge in [0.05, 0.1) is 65.4 Å². The van der Waals surface area contributed by atoms with Crippen LogP contribution in [-0.2, 0) is 47.9 Å². The molecule has 0 aliphatic rings. The van der Waals surface area contributed by atoms with Crippen LogP contribution < -0.4 is 21.3 Å². The fourth-order valence-electron chi connectivity index (χ4n) is 5.46. The average Bonchev–Trinajstić information content (AvgIpc) is 3.13. The van der Waals surface area contributed by atoms with Crippen molar-refractivity contribution in [2.24, 2.45) is 0 Å². The molecule has 0 saturated heterocycles. The molecule has 0 aromatic rings. The van der Waals surface area contributed by atoms with E-state index in [-0.39, 0.29) is 91.6 Å². The second-order valence-corrected chi connectivity index (χ2v) is 13.5. The van der Waals surface area contributed by atoms with Crippen LogP contribution in [0.15, 0.2) is 0 Å². The van der Waals surface area contributed by atoms with Crippen molar-refractivity contribution in [3.63, 3.8) is 0 Å². The number of hydrogen-bond donors (Lipinski definition) is 10. The minimum atomic E-state index is -1.24. The number of nitrogens with zero attached hydrogens (tertiary/aromatic N) is 6. The van der Waals surface area contributed by atoms with Gasteiger partial charge in [0.15, 0.2) is 0 Å². The van der Waals surface area contributed by atoms with Crippen LogP contribution in [0, 0.1) is 0 Å². The summed E-state index contributed by atoms with van der Waals surface area (Å²) in [6.45, 7) is -3.77. The molecule has 0 bridgehead atoms. The number of unbranched alkanes of at least 4 members (excludes halogenated alkanes) is 1. The number of aliphatic carboxylic acids is 6. The third-order valence-electron chi connectivity index (χ3n) is 8.36. The quantitative estimate of drug-likeness (QED) is 0.0260. The average molecular weight is 865 g/mol. The maximum absolute atomic E-state index is 12.6. The Kier molecular flexibility index (Phi) is 28.5. The fourth-order valence-corrected chi connectivity index (χ4v) is 5.46. The van der Waals surface area contributed by atoms with Crippen molar-refractivity contribution >= 4 is 59.4 Å². The van der Waals surface area contributed by atoms with Crippen molar-refractivity contribution in [3.05, 3.63) is 0 Å². The van der Waals surface area contributed by atoms with Gasteiger partial charge < -0.3 is 51.9 Å². The lowest BCUT2D eigenvalue weighted by Gasteiger charge is -2.28. The van der Waals surface area contributed by atoms with Crippen LogP contribution in [0.1, 0.15) is 12.8 Å². The Morgan fingerprint density at radius 2 is 0.517 bits per heavy atom. The second-order valence-electron chi connectivity index (χ2n) is 13.5. The van der Waals surface area contributed by atoms with Crippen LogP contribution in [0.5, 0.6) is 0 Å². The molecule has 4 amide bonds. The zero-order valence-corrected chi connectivity index (χ0v) is 34.0. The fraction of sp³-hybridized carbons (Fsp3) is 0.706. The van der Waals surface area contributed by atoms with Gasteiger partial charge in [0, 0.05) is 79.5 Å². The Bertz CT molecular complexity index is 1330. The minimum Gasteiger partial charge on any atom is -0.480 e. The van der Waals surface area contributed by atoms with E-state index in [1.807, 2.05) is 0 Å². The topological polar surface area (TPSA) is 360 Å². The number of amides is 4. The van der Waals surface area contributed by atoms with Crippen LogP contribution >= 0.6 is 0 Å². The molecule has 60 heavy (non-hydrogen) atoms. The normalized spacial score (nSPS) is 11.3. The minimum absolute atomic E-state index is 0.00561. The summed E-state index contributed by atoms with van der Waals surface area (Å²) in [6.07, 6.45) is 0.782. The smallest absolute Gasteiger partial charge is 0.317 e. The standard InChI is InChI=1S/C34H60N10O16/c1-35-25(45)15-41(21-31(53)54)11-7-39(19-29(49)50)9-13-43(23-33(57)58)17-27(47)37-5-3-4-6-38-28(48)18-44(24-34(59)60)14-10-40(20-30(51)52)8-12-42(22-32(55)56)16-26(46)36-2/h3-24H2,1-2H3,(H,35,45)(H,36,46)(H,37,47)(H,38,48)(H,49,50)(H,51,52)(H,53,54)(H,55,56)(H,57,58)(H,59,60). The molecule has 0 aliphatic carbocycles. The highest BCUT2D eigenvalue weighted by Crippen LogP contribution is 2.00. The van der Waals surface area contributed by atoms with Gasteiger partial charge in [0.2, 0.25) is 23.6 Å². The molecule has 0 aliphatic heterocycles. The Hall–Kier alpha value is -5.54. The van der Waals surface area contributed by atoms with Gasteiger partial charge in [-0.2, -0.15) is 0 Å². The van der Waals surface area contributed by atoms with Crippen LogP contribution in [0.2, 0.25) is 0 Å². The van der Waals surface area contributed by atoms with Gasteiger partial charge >= 0.3 is 35.8 Å². The van der Waals surface area contributed by atoms with Gasteiger partial charge in [-0.15, -0.1) is 0 Å². The molecule has 0 fully saturated rings. The first-order valence-corrected chi connectivity index (χ1v) is 18.8. The number of carboxylic acid groups (broad SMARTS) is 6. The van der Waals surface area contributed by atoms with Crippen LogP contribution in [0.4, 0.5) is 0 Å². The van der Waals surface area contributed by atoms with Crippen molar-refractivity contribution in [2.45, 2.75) is 12.8 Å². The molecule has 26 heteroatoms. The first kappa shape index (κ1) is 54.5. The molecular weight excluding hydrogens is 804 g/mol. The number of likely N-dealkylation sites (N-methyl/N-ethyl adjacent to an activating group) is 2. The highest BCUT2D eigenvalue weighted by Gasteiger charge is 2.21. The molecule has 0 aromatic carbocycles. The molecule has 26 nitrogen and oxygen atoms in total. The zero-order valence-electron chi connectivity index (χ0n) is 34.0. The van der Waals surface area contributed by atoms with Crippen molar-refractivity contribution < 1.29 is 78.6 Å². The van der Waals surface area contributed by atoms with Gasteiger partial charge in [-0.1, -0.05) is 0 Å². The number of rotatable bonds is 37. The summed E-state index contributed by atoms with van der Waals surface area (Å²) in [7, 11) is 2.76. The summed E-state index contributed by atoms with van der Waals surface area (Å²) in [5.41, 5.74) is 0. The van der Waals surface area contributed by atoms with E-state index in [4.69, 9.17) is 10.2 Å². The summed E-state index contributed by atoms with van der Waals surface area (Å²) < 4.78 is 0. The van der Waals surface area contributed by atoms with E-state index in [0.717, 1.165) is 0 Å². The predicted molar refractivity (Wildman–Crippen MR) is 208 cm³/mol. The van der Waals surface area contributed by atoms with Crippen molar-refractivity contribution in [2.75, 3.05) is 145 Å². The van der Waals surface area contributed by atoms with Crippen molar-refractivity contribution in [3.8, 4) is 0 Å². The number of carbonyl (C=O) groups excluding carboxylic acids is 4. The maximum atomic E-state index is 12.6. The highest BCUT2D eigenvalue weighted by atomic mass is 16.4. The van der Waals surface area contributed by atoms with Crippen molar-refractivity contribution in [1.29, 1.82) is 0 Å². The van der Waals surface area contributed by atoms with Gasteiger partial charge in [-0.05, 0) is 12.8 Å². The van der Waals surface area contributed by atoms with Crippen LogP contribution in [0.25, 0.3) is 0 Å².